The summed E-state index contributed by atoms with van der Waals surface area (Å²) >= 11 is 6.12. The molecule has 0 saturated heterocycles. The summed E-state index contributed by atoms with van der Waals surface area (Å²) in [4.78, 5) is 4.41. The Bertz CT molecular complexity index is 566. The van der Waals surface area contributed by atoms with Gasteiger partial charge in [0.1, 0.15) is 0 Å². The molecule has 0 fully saturated rings. The molecule has 0 saturated carbocycles. The van der Waals surface area contributed by atoms with Crippen LogP contribution in [0.15, 0.2) is 28.8 Å². The third-order valence-corrected chi connectivity index (χ3v) is 3.75. The topological polar surface area (TPSA) is 64.9 Å². The molecule has 2 rings (SSSR count). The van der Waals surface area contributed by atoms with E-state index in [2.05, 4.69) is 24.0 Å². The summed E-state index contributed by atoms with van der Waals surface area (Å²) in [5.74, 6) is 1.19. The fourth-order valence-electron chi connectivity index (χ4n) is 2.07. The lowest BCUT2D eigenvalue weighted by atomic mass is 9.84. The number of rotatable bonds is 6. The summed E-state index contributed by atoms with van der Waals surface area (Å²) in [5.41, 5.74) is 6.60. The predicted octanol–water partition coefficient (Wildman–Crippen LogP) is 3.70. The molecule has 4 nitrogen and oxygen atoms in total. The van der Waals surface area contributed by atoms with Gasteiger partial charge in [-0.3, -0.25) is 0 Å². The maximum atomic E-state index is 6.12. The summed E-state index contributed by atoms with van der Waals surface area (Å²) < 4.78 is 5.30. The van der Waals surface area contributed by atoms with Crippen LogP contribution in [0.3, 0.4) is 0 Å². The molecule has 1 heterocycles. The number of nitrogens with two attached hydrogens (primary N) is 1. The van der Waals surface area contributed by atoms with Gasteiger partial charge in [0.2, 0.25) is 11.7 Å². The number of nitrogens with zero attached hydrogens (tertiary/aromatic N) is 2. The quantitative estimate of drug-likeness (QED) is 0.882. The van der Waals surface area contributed by atoms with Crippen molar-refractivity contribution in [2.24, 2.45) is 11.1 Å². The number of aryl methyl sites for hydroxylation is 1. The first kappa shape index (κ1) is 15.0. The second-order valence-electron chi connectivity index (χ2n) is 5.69. The van der Waals surface area contributed by atoms with Gasteiger partial charge in [0, 0.05) is 12.0 Å². The van der Waals surface area contributed by atoms with E-state index >= 15 is 0 Å². The van der Waals surface area contributed by atoms with Gasteiger partial charge in [-0.25, -0.2) is 0 Å². The first-order chi connectivity index (χ1) is 9.52. The van der Waals surface area contributed by atoms with Gasteiger partial charge in [0.05, 0.1) is 5.02 Å². The van der Waals surface area contributed by atoms with E-state index < -0.39 is 0 Å². The van der Waals surface area contributed by atoms with Crippen LogP contribution in [0.1, 0.15) is 32.6 Å². The average molecular weight is 294 g/mol. The van der Waals surface area contributed by atoms with E-state index in [1.165, 1.54) is 0 Å². The lowest BCUT2D eigenvalue weighted by molar-refractivity contribution is 0.289. The minimum Gasteiger partial charge on any atom is -0.339 e. The highest BCUT2D eigenvalue weighted by atomic mass is 35.5. The van der Waals surface area contributed by atoms with Crippen molar-refractivity contribution in [2.45, 2.75) is 33.1 Å². The second kappa shape index (κ2) is 6.37. The highest BCUT2D eigenvalue weighted by molar-refractivity contribution is 6.33. The number of hydrogen-bond donors (Lipinski definition) is 1. The Morgan fingerprint density at radius 1 is 1.25 bits per heavy atom. The smallest absolute Gasteiger partial charge is 0.226 e. The molecule has 0 aliphatic heterocycles. The average Bonchev–Trinajstić information content (AvgIpc) is 2.86. The van der Waals surface area contributed by atoms with E-state index in [0.717, 1.165) is 24.8 Å². The molecule has 0 bridgehead atoms. The Morgan fingerprint density at radius 3 is 2.70 bits per heavy atom. The third kappa shape index (κ3) is 3.81. The van der Waals surface area contributed by atoms with Crippen molar-refractivity contribution in [3.05, 3.63) is 35.2 Å². The predicted molar refractivity (Wildman–Crippen MR) is 80.5 cm³/mol. The summed E-state index contributed by atoms with van der Waals surface area (Å²) in [6.07, 6.45) is 2.71. The van der Waals surface area contributed by atoms with E-state index in [1.807, 2.05) is 24.3 Å². The van der Waals surface area contributed by atoms with Crippen LogP contribution in [-0.4, -0.2) is 16.7 Å². The Balaban J connectivity index is 2.05. The maximum Gasteiger partial charge on any atom is 0.226 e. The molecule has 20 heavy (non-hydrogen) atoms. The standard InChI is InChI=1S/C15H20ClN3O/c1-15(2,9-10-17)8-7-13-18-14(19-20-13)11-5-3-4-6-12(11)16/h3-6H,7-10,17H2,1-2H3. The molecule has 0 unspecified atom stereocenters. The fourth-order valence-corrected chi connectivity index (χ4v) is 2.29. The van der Waals surface area contributed by atoms with Gasteiger partial charge >= 0.3 is 0 Å². The van der Waals surface area contributed by atoms with E-state index in [9.17, 15) is 0 Å². The molecule has 1 aromatic heterocycles. The Morgan fingerprint density at radius 2 is 2.00 bits per heavy atom. The van der Waals surface area contributed by atoms with Gasteiger partial charge < -0.3 is 10.3 Å². The monoisotopic (exact) mass is 293 g/mol. The van der Waals surface area contributed by atoms with Crippen LogP contribution >= 0.6 is 11.6 Å². The van der Waals surface area contributed by atoms with Crippen molar-refractivity contribution in [3.8, 4) is 11.4 Å². The molecule has 0 aliphatic rings. The molecule has 0 aliphatic carbocycles. The minimum atomic E-state index is 0.188. The van der Waals surface area contributed by atoms with Crippen molar-refractivity contribution >= 4 is 11.6 Å². The number of aromatic nitrogens is 2. The van der Waals surface area contributed by atoms with Gasteiger partial charge in [0.15, 0.2) is 0 Å². The van der Waals surface area contributed by atoms with E-state index in [1.54, 1.807) is 0 Å². The SMILES string of the molecule is CC(C)(CCN)CCc1nc(-c2ccccc2Cl)no1. The fraction of sp³-hybridized carbons (Fsp3) is 0.467. The molecule has 0 atom stereocenters. The van der Waals surface area contributed by atoms with E-state index in [0.29, 0.717) is 23.3 Å². The van der Waals surface area contributed by atoms with Crippen LogP contribution in [0.25, 0.3) is 11.4 Å². The van der Waals surface area contributed by atoms with Crippen molar-refractivity contribution in [3.63, 3.8) is 0 Å². The molecule has 0 spiro atoms. The maximum absolute atomic E-state index is 6.12. The van der Waals surface area contributed by atoms with Crippen LogP contribution in [0.4, 0.5) is 0 Å². The highest BCUT2D eigenvalue weighted by Gasteiger charge is 2.19. The summed E-state index contributed by atoms with van der Waals surface area (Å²) in [7, 11) is 0. The Hall–Kier alpha value is -1.39. The zero-order chi connectivity index (χ0) is 14.6. The number of benzene rings is 1. The van der Waals surface area contributed by atoms with Crippen LogP contribution in [-0.2, 0) is 6.42 Å². The zero-order valence-electron chi connectivity index (χ0n) is 11.9. The Kier molecular flexibility index (Phi) is 4.78. The van der Waals surface area contributed by atoms with E-state index in [4.69, 9.17) is 21.9 Å². The largest absolute Gasteiger partial charge is 0.339 e. The molecular weight excluding hydrogens is 274 g/mol. The summed E-state index contributed by atoms with van der Waals surface area (Å²) in [6.45, 7) is 5.10. The summed E-state index contributed by atoms with van der Waals surface area (Å²) in [5, 5.41) is 4.63. The third-order valence-electron chi connectivity index (χ3n) is 3.42. The molecule has 1 aromatic carbocycles. The van der Waals surface area contributed by atoms with E-state index in [-0.39, 0.29) is 5.41 Å². The van der Waals surface area contributed by atoms with Crippen molar-refractivity contribution in [1.29, 1.82) is 0 Å². The normalized spacial score (nSPS) is 11.8. The molecular formula is C15H20ClN3O. The summed E-state index contributed by atoms with van der Waals surface area (Å²) in [6, 6.07) is 7.48. The van der Waals surface area contributed by atoms with Crippen molar-refractivity contribution in [2.75, 3.05) is 6.54 Å². The molecule has 0 radical (unpaired) electrons. The first-order valence-electron chi connectivity index (χ1n) is 6.79. The molecule has 2 N–H and O–H groups in total. The number of hydrogen-bond acceptors (Lipinski definition) is 4. The number of halogens is 1. The lowest BCUT2D eigenvalue weighted by Gasteiger charge is -2.22. The van der Waals surface area contributed by atoms with Gasteiger partial charge in [0.25, 0.3) is 0 Å². The molecule has 108 valence electrons. The van der Waals surface area contributed by atoms with Gasteiger partial charge in [-0.05, 0) is 36.9 Å². The molecule has 5 heteroatoms. The molecule has 2 aromatic rings. The zero-order valence-corrected chi connectivity index (χ0v) is 12.7. The lowest BCUT2D eigenvalue weighted by Crippen LogP contribution is -2.17. The van der Waals surface area contributed by atoms with Crippen LogP contribution in [0.2, 0.25) is 5.02 Å². The van der Waals surface area contributed by atoms with Gasteiger partial charge in [-0.15, -0.1) is 0 Å². The van der Waals surface area contributed by atoms with Crippen LogP contribution < -0.4 is 5.73 Å². The highest BCUT2D eigenvalue weighted by Crippen LogP contribution is 2.28. The first-order valence-corrected chi connectivity index (χ1v) is 7.17. The van der Waals surface area contributed by atoms with Gasteiger partial charge in [-0.1, -0.05) is 42.7 Å². The van der Waals surface area contributed by atoms with Crippen LogP contribution in [0, 0.1) is 5.41 Å². The van der Waals surface area contributed by atoms with Crippen molar-refractivity contribution < 1.29 is 4.52 Å². The van der Waals surface area contributed by atoms with Crippen LogP contribution in [0.5, 0.6) is 0 Å². The van der Waals surface area contributed by atoms with Gasteiger partial charge in [-0.2, -0.15) is 4.98 Å². The second-order valence-corrected chi connectivity index (χ2v) is 6.10. The molecule has 0 amide bonds. The van der Waals surface area contributed by atoms with Crippen molar-refractivity contribution in [1.82, 2.24) is 10.1 Å². The Labute approximate surface area is 124 Å². The minimum absolute atomic E-state index is 0.188.